The van der Waals surface area contributed by atoms with Crippen LogP contribution in [0.4, 0.5) is 11.5 Å². The van der Waals surface area contributed by atoms with Crippen LogP contribution >= 0.6 is 24.0 Å². The standard InChI is InChI=1S/C19H23N5O.HI/c1-14-7-8-17(22-13-14)23-18(25)9-11-21-19(20-2)24-12-10-15-5-3-4-6-16(15)24;/h3-8,13H,9-12H2,1-2H3,(H,20,21)(H,22,23,25);1H. The van der Waals surface area contributed by atoms with E-state index in [2.05, 4.69) is 43.7 Å². The SMILES string of the molecule is CN=C(NCCC(=O)Nc1ccc(C)cn1)N1CCc2ccccc21.I. The highest BCUT2D eigenvalue weighted by atomic mass is 127. The number of hydrogen-bond donors (Lipinski definition) is 2. The summed E-state index contributed by atoms with van der Waals surface area (Å²) in [6.45, 7) is 3.38. The lowest BCUT2D eigenvalue weighted by Crippen LogP contribution is -2.41. The molecule has 2 aromatic rings. The number of aromatic nitrogens is 1. The van der Waals surface area contributed by atoms with Gasteiger partial charge in [0.2, 0.25) is 5.91 Å². The molecule has 2 heterocycles. The first-order chi connectivity index (χ1) is 12.2. The Bertz CT molecular complexity index is 776. The molecule has 0 bridgehead atoms. The van der Waals surface area contributed by atoms with Crippen molar-refractivity contribution in [2.45, 2.75) is 19.8 Å². The second-order valence-corrected chi connectivity index (χ2v) is 6.02. The Kier molecular flexibility index (Phi) is 7.38. The largest absolute Gasteiger partial charge is 0.355 e. The summed E-state index contributed by atoms with van der Waals surface area (Å²) in [7, 11) is 1.76. The van der Waals surface area contributed by atoms with Gasteiger partial charge in [0, 0.05) is 38.4 Å². The number of benzene rings is 1. The number of aliphatic imine (C=N–C) groups is 1. The number of guanidine groups is 1. The zero-order valence-corrected chi connectivity index (χ0v) is 17.4. The normalized spacial score (nSPS) is 13.0. The van der Waals surface area contributed by atoms with Crippen LogP contribution in [0.2, 0.25) is 0 Å². The van der Waals surface area contributed by atoms with E-state index in [1.54, 1.807) is 19.3 Å². The van der Waals surface area contributed by atoms with Crippen LogP contribution in [-0.2, 0) is 11.2 Å². The van der Waals surface area contributed by atoms with Gasteiger partial charge in [-0.3, -0.25) is 9.79 Å². The third kappa shape index (κ3) is 4.94. The number of halogens is 1. The zero-order valence-electron chi connectivity index (χ0n) is 15.0. The smallest absolute Gasteiger partial charge is 0.227 e. The molecule has 1 aliphatic rings. The van der Waals surface area contributed by atoms with Gasteiger partial charge in [-0.1, -0.05) is 24.3 Å². The van der Waals surface area contributed by atoms with Crippen molar-refractivity contribution in [3.8, 4) is 0 Å². The summed E-state index contributed by atoms with van der Waals surface area (Å²) >= 11 is 0. The van der Waals surface area contributed by atoms with Crippen LogP contribution in [0.15, 0.2) is 47.6 Å². The van der Waals surface area contributed by atoms with Gasteiger partial charge >= 0.3 is 0 Å². The molecule has 1 amide bonds. The molecule has 6 nitrogen and oxygen atoms in total. The van der Waals surface area contributed by atoms with Gasteiger partial charge in [-0.2, -0.15) is 0 Å². The summed E-state index contributed by atoms with van der Waals surface area (Å²) in [5.41, 5.74) is 3.58. The Labute approximate surface area is 171 Å². The van der Waals surface area contributed by atoms with Gasteiger partial charge in [0.1, 0.15) is 5.82 Å². The number of carbonyl (C=O) groups is 1. The molecule has 0 spiro atoms. The molecule has 0 saturated heterocycles. The van der Waals surface area contributed by atoms with Crippen LogP contribution in [0.5, 0.6) is 0 Å². The van der Waals surface area contributed by atoms with E-state index in [0.717, 1.165) is 24.5 Å². The Balaban J connectivity index is 0.00000243. The van der Waals surface area contributed by atoms with Gasteiger partial charge in [0.15, 0.2) is 5.96 Å². The molecule has 0 fully saturated rings. The summed E-state index contributed by atoms with van der Waals surface area (Å²) in [5.74, 6) is 1.31. The van der Waals surface area contributed by atoms with Crippen LogP contribution in [0.3, 0.4) is 0 Å². The van der Waals surface area contributed by atoms with Crippen LogP contribution in [0.1, 0.15) is 17.5 Å². The van der Waals surface area contributed by atoms with E-state index in [1.165, 1.54) is 11.3 Å². The Morgan fingerprint density at radius 1 is 1.27 bits per heavy atom. The van der Waals surface area contributed by atoms with Gasteiger partial charge in [-0.15, -0.1) is 24.0 Å². The minimum absolute atomic E-state index is 0. The number of aryl methyl sites for hydroxylation is 1. The van der Waals surface area contributed by atoms with Gasteiger partial charge < -0.3 is 15.5 Å². The molecule has 0 atom stereocenters. The van der Waals surface area contributed by atoms with Crippen molar-refractivity contribution in [1.82, 2.24) is 10.3 Å². The third-order valence-corrected chi connectivity index (χ3v) is 4.17. The van der Waals surface area contributed by atoms with Crippen molar-refractivity contribution >= 4 is 47.3 Å². The topological polar surface area (TPSA) is 69.6 Å². The van der Waals surface area contributed by atoms with Gasteiger partial charge in [-0.25, -0.2) is 4.98 Å². The minimum atomic E-state index is -0.0684. The molecule has 2 N–H and O–H groups in total. The van der Waals surface area contributed by atoms with E-state index < -0.39 is 0 Å². The van der Waals surface area contributed by atoms with Crippen molar-refractivity contribution in [2.75, 3.05) is 30.4 Å². The van der Waals surface area contributed by atoms with E-state index in [-0.39, 0.29) is 29.9 Å². The first-order valence-corrected chi connectivity index (χ1v) is 8.46. The second-order valence-electron chi connectivity index (χ2n) is 6.02. The third-order valence-electron chi connectivity index (χ3n) is 4.17. The molecular weight excluding hydrogens is 441 g/mol. The number of nitrogens with zero attached hydrogens (tertiary/aromatic N) is 3. The molecule has 1 aromatic carbocycles. The molecule has 3 rings (SSSR count). The lowest BCUT2D eigenvalue weighted by Gasteiger charge is -2.22. The van der Waals surface area contributed by atoms with Crippen LogP contribution < -0.4 is 15.5 Å². The van der Waals surface area contributed by atoms with Crippen molar-refractivity contribution in [1.29, 1.82) is 0 Å². The molecule has 1 aliphatic heterocycles. The summed E-state index contributed by atoms with van der Waals surface area (Å²) in [6, 6.07) is 12.1. The first-order valence-electron chi connectivity index (χ1n) is 8.46. The summed E-state index contributed by atoms with van der Waals surface area (Å²) < 4.78 is 0. The second kappa shape index (κ2) is 9.51. The monoisotopic (exact) mass is 465 g/mol. The van der Waals surface area contributed by atoms with E-state index in [0.29, 0.717) is 18.8 Å². The fraction of sp³-hybridized carbons (Fsp3) is 0.316. The number of nitrogens with one attached hydrogen (secondary N) is 2. The molecule has 7 heteroatoms. The molecule has 1 aromatic heterocycles. The maximum Gasteiger partial charge on any atom is 0.227 e. The highest BCUT2D eigenvalue weighted by Crippen LogP contribution is 2.27. The molecule has 0 aliphatic carbocycles. The average Bonchev–Trinajstić information content (AvgIpc) is 3.05. The number of amides is 1. The van der Waals surface area contributed by atoms with Crippen LogP contribution in [0.25, 0.3) is 0 Å². The van der Waals surface area contributed by atoms with Crippen LogP contribution in [-0.4, -0.2) is 37.0 Å². The lowest BCUT2D eigenvalue weighted by atomic mass is 10.2. The van der Waals surface area contributed by atoms with Gasteiger partial charge in [0.05, 0.1) is 0 Å². The van der Waals surface area contributed by atoms with E-state index in [4.69, 9.17) is 0 Å². The van der Waals surface area contributed by atoms with Crippen molar-refractivity contribution < 1.29 is 4.79 Å². The summed E-state index contributed by atoms with van der Waals surface area (Å²) in [6.07, 6.45) is 3.10. The number of hydrogen-bond acceptors (Lipinski definition) is 3. The Morgan fingerprint density at radius 2 is 2.08 bits per heavy atom. The Hall–Kier alpha value is -2.16. The van der Waals surface area contributed by atoms with Crippen molar-refractivity contribution in [2.24, 2.45) is 4.99 Å². The zero-order chi connectivity index (χ0) is 17.6. The number of pyridine rings is 1. The molecule has 0 unspecified atom stereocenters. The number of fused-ring (bicyclic) bond motifs is 1. The quantitative estimate of drug-likeness (QED) is 0.414. The molecule has 0 radical (unpaired) electrons. The van der Waals surface area contributed by atoms with Crippen molar-refractivity contribution in [3.63, 3.8) is 0 Å². The predicted octanol–water partition coefficient (Wildman–Crippen LogP) is 2.97. The van der Waals surface area contributed by atoms with Crippen molar-refractivity contribution in [3.05, 3.63) is 53.7 Å². The van der Waals surface area contributed by atoms with Gasteiger partial charge in [-0.05, 0) is 36.6 Å². The number of carbonyl (C=O) groups excluding carboxylic acids is 1. The number of anilines is 2. The Morgan fingerprint density at radius 3 is 2.81 bits per heavy atom. The van der Waals surface area contributed by atoms with E-state index in [1.807, 2.05) is 19.1 Å². The number of rotatable bonds is 4. The molecule has 0 saturated carbocycles. The average molecular weight is 465 g/mol. The summed E-state index contributed by atoms with van der Waals surface area (Å²) in [5, 5.41) is 6.08. The van der Waals surface area contributed by atoms with Gasteiger partial charge in [0.25, 0.3) is 0 Å². The molecule has 26 heavy (non-hydrogen) atoms. The van der Waals surface area contributed by atoms with Crippen LogP contribution in [0, 0.1) is 6.92 Å². The fourth-order valence-corrected chi connectivity index (χ4v) is 2.89. The van der Waals surface area contributed by atoms with E-state index in [9.17, 15) is 4.79 Å². The lowest BCUT2D eigenvalue weighted by molar-refractivity contribution is -0.116. The molecule has 138 valence electrons. The summed E-state index contributed by atoms with van der Waals surface area (Å²) in [4.78, 5) is 22.7. The maximum atomic E-state index is 12.0. The highest BCUT2D eigenvalue weighted by molar-refractivity contribution is 14.0. The predicted molar refractivity (Wildman–Crippen MR) is 116 cm³/mol. The number of para-hydroxylation sites is 1. The minimum Gasteiger partial charge on any atom is -0.355 e. The molecular formula is C19H24IN5O. The van der Waals surface area contributed by atoms with E-state index >= 15 is 0 Å². The fourth-order valence-electron chi connectivity index (χ4n) is 2.89. The highest BCUT2D eigenvalue weighted by Gasteiger charge is 2.22. The first kappa shape index (κ1) is 20.2. The maximum absolute atomic E-state index is 12.0.